The van der Waals surface area contributed by atoms with Crippen molar-refractivity contribution in [2.75, 3.05) is 17.2 Å². The molecule has 1 aromatic heterocycles. The van der Waals surface area contributed by atoms with Crippen LogP contribution < -0.4 is 9.64 Å². The number of anilines is 1. The van der Waals surface area contributed by atoms with Crippen LogP contribution in [0.2, 0.25) is 5.02 Å². The number of aromatic nitrogens is 2. The van der Waals surface area contributed by atoms with Crippen molar-refractivity contribution in [1.82, 2.24) is 10.2 Å². The molecular formula is C13H12ClN3O2S2. The lowest BCUT2D eigenvalue weighted by Crippen LogP contribution is -2.43. The van der Waals surface area contributed by atoms with Gasteiger partial charge in [-0.15, -0.1) is 10.2 Å². The zero-order chi connectivity index (χ0) is 14.8. The molecule has 0 bridgehead atoms. The minimum absolute atomic E-state index is 0.00821. The molecule has 0 saturated heterocycles. The van der Waals surface area contributed by atoms with Crippen molar-refractivity contribution in [2.45, 2.75) is 17.4 Å². The highest BCUT2D eigenvalue weighted by Gasteiger charge is 2.29. The molecule has 0 spiro atoms. The van der Waals surface area contributed by atoms with Crippen LogP contribution in [0.15, 0.2) is 28.0 Å². The Balaban J connectivity index is 1.79. The van der Waals surface area contributed by atoms with E-state index in [0.29, 0.717) is 23.1 Å². The largest absolute Gasteiger partial charge is 0.485 e. The third-order valence-electron chi connectivity index (χ3n) is 2.96. The minimum atomic E-state index is -0.0899. The van der Waals surface area contributed by atoms with Gasteiger partial charge in [-0.25, -0.2) is 0 Å². The number of para-hydroxylation sites is 1. The van der Waals surface area contributed by atoms with E-state index in [1.54, 1.807) is 16.5 Å². The molecule has 3 rings (SSSR count). The second-order valence-corrected chi connectivity index (χ2v) is 6.98. The maximum Gasteiger partial charge on any atom is 0.237 e. The number of amides is 1. The summed E-state index contributed by atoms with van der Waals surface area (Å²) in [6, 6.07) is 5.43. The standard InChI is InChI=1S/C13H12ClN3O2S2/c1-8-5-17(10-4-2-3-9(14)12(10)19-8)11(18)6-20-13-16-15-7-21-13/h2-4,7-8H,5-6H2,1H3/t8-/m1/s1. The summed E-state index contributed by atoms with van der Waals surface area (Å²) in [5.74, 6) is 0.898. The first-order chi connectivity index (χ1) is 10.1. The maximum absolute atomic E-state index is 12.5. The molecule has 1 amide bonds. The smallest absolute Gasteiger partial charge is 0.237 e. The summed E-state index contributed by atoms with van der Waals surface area (Å²) in [7, 11) is 0. The Morgan fingerprint density at radius 2 is 2.48 bits per heavy atom. The number of fused-ring (bicyclic) bond motifs is 1. The van der Waals surface area contributed by atoms with Crippen LogP contribution in [0.1, 0.15) is 6.92 Å². The minimum Gasteiger partial charge on any atom is -0.485 e. The topological polar surface area (TPSA) is 55.3 Å². The number of hydrogen-bond acceptors (Lipinski definition) is 6. The number of rotatable bonds is 3. The molecular weight excluding hydrogens is 330 g/mol. The van der Waals surface area contributed by atoms with E-state index in [1.165, 1.54) is 23.1 Å². The number of ether oxygens (including phenoxy) is 1. The Hall–Kier alpha value is -1.31. The first-order valence-corrected chi connectivity index (χ1v) is 8.54. The molecule has 1 aliphatic heterocycles. The molecule has 0 saturated carbocycles. The van der Waals surface area contributed by atoms with Crippen molar-refractivity contribution in [2.24, 2.45) is 0 Å². The molecule has 21 heavy (non-hydrogen) atoms. The van der Waals surface area contributed by atoms with Gasteiger partial charge in [0.25, 0.3) is 0 Å². The van der Waals surface area contributed by atoms with Crippen LogP contribution in [0.4, 0.5) is 5.69 Å². The summed E-state index contributed by atoms with van der Waals surface area (Å²) in [5.41, 5.74) is 2.38. The van der Waals surface area contributed by atoms with E-state index in [2.05, 4.69) is 10.2 Å². The molecule has 0 aliphatic carbocycles. The number of carbonyl (C=O) groups is 1. The lowest BCUT2D eigenvalue weighted by atomic mass is 10.2. The zero-order valence-electron chi connectivity index (χ0n) is 11.2. The van der Waals surface area contributed by atoms with E-state index in [9.17, 15) is 4.79 Å². The van der Waals surface area contributed by atoms with E-state index in [1.807, 2.05) is 19.1 Å². The molecule has 0 fully saturated rings. The van der Waals surface area contributed by atoms with Crippen molar-refractivity contribution in [3.05, 3.63) is 28.7 Å². The molecule has 0 radical (unpaired) electrons. The average molecular weight is 342 g/mol. The number of benzene rings is 1. The quantitative estimate of drug-likeness (QED) is 0.803. The highest BCUT2D eigenvalue weighted by atomic mass is 35.5. The summed E-state index contributed by atoms with van der Waals surface area (Å²) in [4.78, 5) is 14.2. The number of nitrogens with zero attached hydrogens (tertiary/aromatic N) is 3. The third-order valence-corrected chi connectivity index (χ3v) is 5.10. The van der Waals surface area contributed by atoms with E-state index in [-0.39, 0.29) is 12.0 Å². The summed E-state index contributed by atoms with van der Waals surface area (Å²) >= 11 is 8.96. The molecule has 8 heteroatoms. The van der Waals surface area contributed by atoms with Gasteiger partial charge in [0.05, 0.1) is 23.0 Å². The summed E-state index contributed by atoms with van der Waals surface area (Å²) in [5, 5.41) is 8.20. The SMILES string of the molecule is C[C@@H]1CN(C(=O)CSc2nncs2)c2cccc(Cl)c2O1. The second kappa shape index (κ2) is 6.21. The van der Waals surface area contributed by atoms with Crippen molar-refractivity contribution in [3.63, 3.8) is 0 Å². The van der Waals surface area contributed by atoms with E-state index in [0.717, 1.165) is 10.0 Å². The first-order valence-electron chi connectivity index (χ1n) is 6.29. The number of thioether (sulfide) groups is 1. The van der Waals surface area contributed by atoms with Crippen molar-refractivity contribution in [3.8, 4) is 5.75 Å². The maximum atomic E-state index is 12.5. The Morgan fingerprint density at radius 3 is 3.24 bits per heavy atom. The van der Waals surface area contributed by atoms with E-state index < -0.39 is 0 Å². The van der Waals surface area contributed by atoms with Crippen LogP contribution in [0, 0.1) is 0 Å². The van der Waals surface area contributed by atoms with Gasteiger partial charge in [-0.2, -0.15) is 0 Å². The molecule has 1 aliphatic rings. The van der Waals surface area contributed by atoms with Gasteiger partial charge in [0, 0.05) is 0 Å². The fourth-order valence-corrected chi connectivity index (χ4v) is 3.66. The van der Waals surface area contributed by atoms with Crippen LogP contribution in [0.25, 0.3) is 0 Å². The first kappa shape index (κ1) is 14.6. The van der Waals surface area contributed by atoms with Gasteiger partial charge >= 0.3 is 0 Å². The average Bonchev–Trinajstić information content (AvgIpc) is 2.98. The molecule has 0 unspecified atom stereocenters. The number of carbonyl (C=O) groups excluding carboxylic acids is 1. The molecule has 5 nitrogen and oxygen atoms in total. The molecule has 110 valence electrons. The van der Waals surface area contributed by atoms with Crippen LogP contribution in [-0.2, 0) is 4.79 Å². The highest BCUT2D eigenvalue weighted by molar-refractivity contribution is 8.01. The van der Waals surface area contributed by atoms with Gasteiger partial charge in [-0.3, -0.25) is 4.79 Å². The van der Waals surface area contributed by atoms with Crippen molar-refractivity contribution >= 4 is 46.3 Å². The fourth-order valence-electron chi connectivity index (χ4n) is 2.08. The lowest BCUT2D eigenvalue weighted by molar-refractivity contribution is -0.116. The zero-order valence-corrected chi connectivity index (χ0v) is 13.5. The van der Waals surface area contributed by atoms with Gasteiger partial charge < -0.3 is 9.64 Å². The molecule has 1 aromatic carbocycles. The Bertz CT molecular complexity index is 651. The Labute approximate surface area is 135 Å². The van der Waals surface area contributed by atoms with E-state index in [4.69, 9.17) is 16.3 Å². The normalized spacial score (nSPS) is 17.2. The summed E-state index contributed by atoms with van der Waals surface area (Å²) in [6.45, 7) is 2.44. The third kappa shape index (κ3) is 3.14. The van der Waals surface area contributed by atoms with Crippen molar-refractivity contribution < 1.29 is 9.53 Å². The molecule has 2 heterocycles. The highest BCUT2D eigenvalue weighted by Crippen LogP contribution is 2.39. The predicted molar refractivity (Wildman–Crippen MR) is 84.5 cm³/mol. The predicted octanol–water partition coefficient (Wildman–Crippen LogP) is 3.10. The Morgan fingerprint density at radius 1 is 1.62 bits per heavy atom. The number of halogens is 1. The second-order valence-electron chi connectivity index (χ2n) is 4.51. The van der Waals surface area contributed by atoms with Gasteiger partial charge in [-0.1, -0.05) is 40.8 Å². The molecule has 0 N–H and O–H groups in total. The fraction of sp³-hybridized carbons (Fsp3) is 0.308. The van der Waals surface area contributed by atoms with Crippen LogP contribution in [0.5, 0.6) is 5.75 Å². The van der Waals surface area contributed by atoms with Gasteiger partial charge in [-0.05, 0) is 19.1 Å². The monoisotopic (exact) mass is 341 g/mol. The van der Waals surface area contributed by atoms with Gasteiger partial charge in [0.1, 0.15) is 11.6 Å². The van der Waals surface area contributed by atoms with Crippen LogP contribution >= 0.6 is 34.7 Å². The van der Waals surface area contributed by atoms with Gasteiger partial charge in [0.15, 0.2) is 10.1 Å². The van der Waals surface area contributed by atoms with E-state index >= 15 is 0 Å². The molecule has 1 atom stereocenters. The lowest BCUT2D eigenvalue weighted by Gasteiger charge is -2.33. The number of hydrogen-bond donors (Lipinski definition) is 0. The van der Waals surface area contributed by atoms with Crippen LogP contribution in [-0.4, -0.2) is 34.5 Å². The Kier molecular flexibility index (Phi) is 4.32. The molecule has 2 aromatic rings. The summed E-state index contributed by atoms with van der Waals surface area (Å²) in [6.07, 6.45) is -0.0899. The van der Waals surface area contributed by atoms with Crippen LogP contribution in [0.3, 0.4) is 0 Å². The van der Waals surface area contributed by atoms with Crippen molar-refractivity contribution in [1.29, 1.82) is 0 Å². The van der Waals surface area contributed by atoms with Gasteiger partial charge in [0.2, 0.25) is 5.91 Å². The summed E-state index contributed by atoms with van der Waals surface area (Å²) < 4.78 is 6.53.